The number of hydrogen-bond donors (Lipinski definition) is 1. The molecule has 0 saturated heterocycles. The Labute approximate surface area is 135 Å². The first-order valence-corrected chi connectivity index (χ1v) is 7.11. The zero-order valence-corrected chi connectivity index (χ0v) is 13.7. The molecule has 0 fully saturated rings. The van der Waals surface area contributed by atoms with E-state index in [1.807, 2.05) is 30.3 Å². The molecule has 0 aliphatic carbocycles. The largest absolute Gasteiger partial charge is 0.399 e. The first kappa shape index (κ1) is 16.0. The molecule has 2 rings (SSSR count). The summed E-state index contributed by atoms with van der Waals surface area (Å²) in [4.78, 5) is 2.02. The van der Waals surface area contributed by atoms with Crippen molar-refractivity contribution in [1.29, 1.82) is 0 Å². The number of hydrogen-bond acceptors (Lipinski definition) is 2. The third-order valence-corrected chi connectivity index (χ3v) is 4.80. The molecule has 0 bridgehead atoms. The maximum absolute atomic E-state index is 6.12. The minimum absolute atomic E-state index is 0. The predicted molar refractivity (Wildman–Crippen MR) is 86.4 cm³/mol. The van der Waals surface area contributed by atoms with Crippen LogP contribution in [0.5, 0.6) is 0 Å². The zero-order chi connectivity index (χ0) is 12.4. The molecular formula is C12H9BrCl3NS. The second kappa shape index (κ2) is 6.92. The molecule has 0 spiro atoms. The van der Waals surface area contributed by atoms with Gasteiger partial charge in [0, 0.05) is 25.0 Å². The van der Waals surface area contributed by atoms with E-state index in [1.165, 1.54) is 0 Å². The Hall–Kier alpha value is -0.0600. The fourth-order valence-corrected chi connectivity index (χ4v) is 3.26. The summed E-state index contributed by atoms with van der Waals surface area (Å²) in [5, 5.41) is 1.28. The summed E-state index contributed by atoms with van der Waals surface area (Å²) >= 11 is 17.0. The van der Waals surface area contributed by atoms with Crippen LogP contribution in [-0.4, -0.2) is 0 Å². The van der Waals surface area contributed by atoms with Crippen molar-refractivity contribution < 1.29 is 0 Å². The Bertz CT molecular complexity index is 514. The second-order valence-corrected chi connectivity index (χ2v) is 6.15. The van der Waals surface area contributed by atoms with Gasteiger partial charge in [0.1, 0.15) is 0 Å². The van der Waals surface area contributed by atoms with Crippen molar-refractivity contribution in [2.75, 3.05) is 5.73 Å². The predicted octanol–water partition coefficient (Wildman–Crippen LogP) is 5.91. The summed E-state index contributed by atoms with van der Waals surface area (Å²) in [5.74, 6) is 0. The second-order valence-electron chi connectivity index (χ2n) is 3.37. The van der Waals surface area contributed by atoms with Crippen molar-refractivity contribution in [1.82, 2.24) is 0 Å². The van der Waals surface area contributed by atoms with Gasteiger partial charge in [0.05, 0.1) is 5.02 Å². The maximum Gasteiger partial charge on any atom is 0.0560 e. The van der Waals surface area contributed by atoms with Gasteiger partial charge >= 0.3 is 0 Å². The van der Waals surface area contributed by atoms with E-state index in [0.29, 0.717) is 10.0 Å². The summed E-state index contributed by atoms with van der Waals surface area (Å²) in [7, 11) is 0. The molecule has 0 aliphatic heterocycles. The van der Waals surface area contributed by atoms with Gasteiger partial charge in [0.15, 0.2) is 0 Å². The van der Waals surface area contributed by atoms with Gasteiger partial charge in [-0.05, 0) is 52.3 Å². The van der Waals surface area contributed by atoms with Crippen molar-refractivity contribution >= 4 is 69.0 Å². The Morgan fingerprint density at radius 3 is 2.28 bits per heavy atom. The highest BCUT2D eigenvalue weighted by Gasteiger charge is 2.06. The number of nitrogens with two attached hydrogens (primary N) is 1. The van der Waals surface area contributed by atoms with Crippen molar-refractivity contribution in [2.24, 2.45) is 0 Å². The van der Waals surface area contributed by atoms with Crippen LogP contribution < -0.4 is 5.73 Å². The smallest absolute Gasteiger partial charge is 0.0560 e. The van der Waals surface area contributed by atoms with Crippen molar-refractivity contribution in [2.45, 2.75) is 9.79 Å². The maximum atomic E-state index is 6.12. The average molecular weight is 386 g/mol. The minimum atomic E-state index is 0. The van der Waals surface area contributed by atoms with Crippen molar-refractivity contribution in [3.05, 3.63) is 50.9 Å². The van der Waals surface area contributed by atoms with Gasteiger partial charge in [0.2, 0.25) is 0 Å². The first-order valence-electron chi connectivity index (χ1n) is 4.74. The molecule has 0 aliphatic rings. The molecule has 0 radical (unpaired) electrons. The van der Waals surface area contributed by atoms with Gasteiger partial charge in [-0.15, -0.1) is 12.4 Å². The van der Waals surface area contributed by atoms with E-state index in [0.717, 1.165) is 20.0 Å². The molecule has 2 aromatic carbocycles. The molecule has 6 heteroatoms. The lowest BCUT2D eigenvalue weighted by Gasteiger charge is -2.07. The van der Waals surface area contributed by atoms with Crippen LogP contribution in [0.25, 0.3) is 0 Å². The van der Waals surface area contributed by atoms with E-state index >= 15 is 0 Å². The lowest BCUT2D eigenvalue weighted by atomic mass is 10.3. The Balaban J connectivity index is 0.00000162. The molecule has 18 heavy (non-hydrogen) atoms. The molecule has 2 N–H and O–H groups in total. The van der Waals surface area contributed by atoms with Crippen LogP contribution in [0.2, 0.25) is 10.0 Å². The van der Waals surface area contributed by atoms with Crippen molar-refractivity contribution in [3.8, 4) is 0 Å². The van der Waals surface area contributed by atoms with Gasteiger partial charge < -0.3 is 5.73 Å². The zero-order valence-electron chi connectivity index (χ0n) is 8.99. The fraction of sp³-hybridized carbons (Fsp3) is 0. The molecule has 96 valence electrons. The normalized spacial score (nSPS) is 9.94. The van der Waals surface area contributed by atoms with Crippen LogP contribution in [0.1, 0.15) is 0 Å². The highest BCUT2D eigenvalue weighted by Crippen LogP contribution is 2.38. The molecule has 0 unspecified atom stereocenters. The van der Waals surface area contributed by atoms with Crippen molar-refractivity contribution in [3.63, 3.8) is 0 Å². The van der Waals surface area contributed by atoms with Gasteiger partial charge in [-0.1, -0.05) is 35.0 Å². The first-order chi connectivity index (χ1) is 8.06. The Morgan fingerprint density at radius 2 is 1.67 bits per heavy atom. The van der Waals surface area contributed by atoms with Gasteiger partial charge in [-0.2, -0.15) is 0 Å². The summed E-state index contributed by atoms with van der Waals surface area (Å²) in [6.07, 6.45) is 0. The molecule has 2 aromatic rings. The van der Waals surface area contributed by atoms with E-state index in [2.05, 4.69) is 15.9 Å². The molecule has 0 atom stereocenters. The van der Waals surface area contributed by atoms with E-state index in [-0.39, 0.29) is 12.4 Å². The third kappa shape index (κ3) is 3.97. The van der Waals surface area contributed by atoms with Gasteiger partial charge in [0.25, 0.3) is 0 Å². The molecule has 1 nitrogen and oxygen atoms in total. The van der Waals surface area contributed by atoms with E-state index in [9.17, 15) is 0 Å². The van der Waals surface area contributed by atoms with Crippen LogP contribution in [-0.2, 0) is 0 Å². The summed E-state index contributed by atoms with van der Waals surface area (Å²) in [6.45, 7) is 0. The quantitative estimate of drug-likeness (QED) is 0.650. The summed E-state index contributed by atoms with van der Waals surface area (Å²) in [5.41, 5.74) is 6.41. The number of halogens is 4. The lowest BCUT2D eigenvalue weighted by Crippen LogP contribution is -1.85. The SMILES string of the molecule is Cl.Nc1ccc(Sc2ccc(Cl)cc2Cl)c(Br)c1. The molecule has 0 aromatic heterocycles. The van der Waals surface area contributed by atoms with Crippen LogP contribution in [0.4, 0.5) is 5.69 Å². The third-order valence-electron chi connectivity index (χ3n) is 2.07. The van der Waals surface area contributed by atoms with Crippen LogP contribution in [0.15, 0.2) is 50.7 Å². The van der Waals surface area contributed by atoms with E-state index in [4.69, 9.17) is 28.9 Å². The minimum Gasteiger partial charge on any atom is -0.399 e. The van der Waals surface area contributed by atoms with E-state index < -0.39 is 0 Å². The van der Waals surface area contributed by atoms with Gasteiger partial charge in [-0.25, -0.2) is 0 Å². The molecule has 0 amide bonds. The molecule has 0 heterocycles. The standard InChI is InChI=1S/C12H8BrCl2NS.ClH/c13-9-6-8(16)2-4-11(9)17-12-3-1-7(14)5-10(12)15;/h1-6H,16H2;1H. The monoisotopic (exact) mass is 383 g/mol. The summed E-state index contributed by atoms with van der Waals surface area (Å²) < 4.78 is 0.952. The molecular weight excluding hydrogens is 376 g/mol. The van der Waals surface area contributed by atoms with Crippen LogP contribution in [0.3, 0.4) is 0 Å². The lowest BCUT2D eigenvalue weighted by molar-refractivity contribution is 1.37. The van der Waals surface area contributed by atoms with Crippen LogP contribution in [0, 0.1) is 0 Å². The van der Waals surface area contributed by atoms with Gasteiger partial charge in [-0.3, -0.25) is 0 Å². The topological polar surface area (TPSA) is 26.0 Å². The summed E-state index contributed by atoms with van der Waals surface area (Å²) in [6, 6.07) is 11.1. The molecule has 0 saturated carbocycles. The average Bonchev–Trinajstić information content (AvgIpc) is 2.25. The van der Waals surface area contributed by atoms with E-state index in [1.54, 1.807) is 17.8 Å². The Kier molecular flexibility index (Phi) is 6.15. The number of rotatable bonds is 2. The number of anilines is 1. The highest BCUT2D eigenvalue weighted by atomic mass is 79.9. The highest BCUT2D eigenvalue weighted by molar-refractivity contribution is 9.10. The van der Waals surface area contributed by atoms with Crippen LogP contribution >= 0.6 is 63.3 Å². The number of benzene rings is 2. The Morgan fingerprint density at radius 1 is 1.00 bits per heavy atom. The fourth-order valence-electron chi connectivity index (χ4n) is 1.28. The number of nitrogen functional groups attached to an aromatic ring is 1.